The molecule has 0 aromatic carbocycles. The Bertz CT molecular complexity index is 1820. The Morgan fingerprint density at radius 2 is 0.753 bits per heavy atom. The predicted octanol–water partition coefficient (Wildman–Crippen LogP) is 21.8. The molecule has 1 amide bonds. The number of quaternary nitrogens is 1. The van der Waals surface area contributed by atoms with Gasteiger partial charge in [-0.3, -0.25) is 14.2 Å². The maximum Gasteiger partial charge on any atom is 0.306 e. The van der Waals surface area contributed by atoms with Gasteiger partial charge in [-0.25, -0.2) is 0 Å². The number of phosphoric acid groups is 1. The molecule has 0 saturated carbocycles. The van der Waals surface area contributed by atoms with E-state index in [1.54, 1.807) is 0 Å². The molecule has 0 radical (unpaired) electrons. The maximum atomic E-state index is 13.6. The van der Waals surface area contributed by atoms with Gasteiger partial charge in [-0.15, -0.1) is 0 Å². The van der Waals surface area contributed by atoms with Gasteiger partial charge in [-0.05, 0) is 115 Å². The van der Waals surface area contributed by atoms with Gasteiger partial charge >= 0.3 is 5.97 Å². The second kappa shape index (κ2) is 63.7. The van der Waals surface area contributed by atoms with E-state index < -0.39 is 26.6 Å². The van der Waals surface area contributed by atoms with E-state index in [1.165, 1.54) is 141 Å². The molecule has 0 aromatic rings. The SMILES string of the molecule is CC/C=C\C/C=C\C/C=C\C/C=C\C/C=C\CCCCCCCCCCCC(=O)OC(/C=C/CCCCCCCCCCC)C(COP(=O)([O-])OCC[N+](C)(C)C)NC(=O)CCCCCCCCCCCC/C=C\C/C=C\C/C=C\CCCCC. The molecule has 10 heteroatoms. The summed E-state index contributed by atoms with van der Waals surface area (Å²) < 4.78 is 30.4. The van der Waals surface area contributed by atoms with Crippen LogP contribution in [-0.2, 0) is 27.9 Å². The number of esters is 1. The van der Waals surface area contributed by atoms with Crippen molar-refractivity contribution in [2.24, 2.45) is 0 Å². The number of ether oxygens (including phenoxy) is 1. The van der Waals surface area contributed by atoms with Gasteiger partial charge in [0.1, 0.15) is 19.3 Å². The molecule has 0 spiro atoms. The summed E-state index contributed by atoms with van der Waals surface area (Å²) in [6.45, 7) is 6.70. The van der Waals surface area contributed by atoms with Crippen molar-refractivity contribution in [3.8, 4) is 0 Å². The van der Waals surface area contributed by atoms with Gasteiger partial charge in [0.15, 0.2) is 0 Å². The molecule has 490 valence electrons. The highest BCUT2D eigenvalue weighted by atomic mass is 31.2. The topological polar surface area (TPSA) is 114 Å². The fraction of sp³-hybridized carbons (Fsp3) is 0.733. The number of carbonyl (C=O) groups excluding carboxylic acids is 2. The van der Waals surface area contributed by atoms with E-state index in [0.29, 0.717) is 17.4 Å². The van der Waals surface area contributed by atoms with Gasteiger partial charge in [-0.2, -0.15) is 0 Å². The number of phosphoric ester groups is 1. The van der Waals surface area contributed by atoms with Crippen LogP contribution in [0.25, 0.3) is 0 Å². The van der Waals surface area contributed by atoms with E-state index in [1.807, 2.05) is 33.3 Å². The lowest BCUT2D eigenvalue weighted by atomic mass is 10.0. The summed E-state index contributed by atoms with van der Waals surface area (Å²) in [5, 5.41) is 3.04. The molecule has 0 aliphatic rings. The van der Waals surface area contributed by atoms with Crippen LogP contribution in [0.15, 0.2) is 109 Å². The number of nitrogens with one attached hydrogen (secondary N) is 1. The summed E-state index contributed by atoms with van der Waals surface area (Å²) in [5.74, 6) is -0.552. The standard InChI is InChI=1S/C75H133N2O7P/c1-7-10-13-16-19-22-25-27-29-31-33-35-37-38-40-42-44-46-48-50-53-56-59-62-65-68-75(79)84-73(66-63-60-57-54-51-24-21-18-15-12-9-3)72(71-83-85(80,81)82-70-69-77(4,5)6)76-74(78)67-64-61-58-55-52-49-47-45-43-41-39-36-34-32-30-28-26-23-20-17-14-11-8-2/h10,13,19-20,22-23,27-30,33-36,38,40,63,66,72-73H,7-9,11-12,14-18,21,24-26,31-32,37,39,41-62,64-65,67-71H2,1-6H3,(H-,76,78,80,81)/b13-10-,22-19-,23-20-,29-27-,30-28-,35-33-,36-34-,40-38-,66-63+. The van der Waals surface area contributed by atoms with Crippen molar-refractivity contribution >= 4 is 19.7 Å². The molecule has 1 N–H and O–H groups in total. The minimum Gasteiger partial charge on any atom is -0.756 e. The van der Waals surface area contributed by atoms with Crippen LogP contribution in [0.5, 0.6) is 0 Å². The zero-order valence-electron chi connectivity index (χ0n) is 56.0. The highest BCUT2D eigenvalue weighted by Gasteiger charge is 2.27. The molecule has 0 fully saturated rings. The predicted molar refractivity (Wildman–Crippen MR) is 367 cm³/mol. The van der Waals surface area contributed by atoms with Crippen molar-refractivity contribution in [2.75, 3.05) is 40.9 Å². The lowest BCUT2D eigenvalue weighted by Crippen LogP contribution is -2.47. The molecule has 0 aliphatic heterocycles. The van der Waals surface area contributed by atoms with Gasteiger partial charge in [0.25, 0.3) is 7.82 Å². The second-order valence-corrected chi connectivity index (χ2v) is 26.1. The van der Waals surface area contributed by atoms with Gasteiger partial charge in [-0.1, -0.05) is 285 Å². The first kappa shape index (κ1) is 81.7. The van der Waals surface area contributed by atoms with Crippen LogP contribution in [0.2, 0.25) is 0 Å². The Hall–Kier alpha value is -3.33. The molecule has 0 aromatic heterocycles. The monoisotopic (exact) mass is 1200 g/mol. The normalized spacial score (nSPS) is 14.2. The Kier molecular flexibility index (Phi) is 61.2. The first-order valence-corrected chi connectivity index (χ1v) is 36.7. The largest absolute Gasteiger partial charge is 0.756 e. The molecular formula is C75H133N2O7P. The molecule has 0 heterocycles. The van der Waals surface area contributed by atoms with Crippen LogP contribution in [0.1, 0.15) is 303 Å². The number of rotatable bonds is 63. The number of amides is 1. The van der Waals surface area contributed by atoms with Crippen LogP contribution in [0.4, 0.5) is 0 Å². The van der Waals surface area contributed by atoms with Crippen LogP contribution in [0, 0.1) is 0 Å². The fourth-order valence-electron chi connectivity index (χ4n) is 9.79. The van der Waals surface area contributed by atoms with Crippen LogP contribution < -0.4 is 10.2 Å². The molecular weight excluding hydrogens is 1070 g/mol. The smallest absolute Gasteiger partial charge is 0.306 e. The number of allylic oxidation sites excluding steroid dienone is 17. The Morgan fingerprint density at radius 3 is 1.15 bits per heavy atom. The Labute approximate surface area is 525 Å². The highest BCUT2D eigenvalue weighted by molar-refractivity contribution is 7.45. The first-order chi connectivity index (χ1) is 41.4. The van der Waals surface area contributed by atoms with E-state index in [4.69, 9.17) is 13.8 Å². The average Bonchev–Trinajstić information content (AvgIpc) is 3.58. The van der Waals surface area contributed by atoms with Crippen molar-refractivity contribution < 1.29 is 37.3 Å². The summed E-state index contributed by atoms with van der Waals surface area (Å²) in [6, 6.07) is -0.900. The van der Waals surface area contributed by atoms with Gasteiger partial charge in [0.05, 0.1) is 33.8 Å². The molecule has 3 atom stereocenters. The lowest BCUT2D eigenvalue weighted by molar-refractivity contribution is -0.870. The molecule has 0 saturated heterocycles. The number of likely N-dealkylation sites (N-methyl/N-ethyl adjacent to an activating group) is 1. The van der Waals surface area contributed by atoms with Crippen LogP contribution in [-0.4, -0.2) is 69.4 Å². The third kappa shape index (κ3) is 65.0. The minimum absolute atomic E-state index is 0.0286. The third-order valence-corrected chi connectivity index (χ3v) is 16.2. The quantitative estimate of drug-likeness (QED) is 0.0212. The molecule has 3 unspecified atom stereocenters. The lowest BCUT2D eigenvalue weighted by Gasteiger charge is -2.30. The van der Waals surface area contributed by atoms with Gasteiger partial charge < -0.3 is 28.5 Å². The average molecular weight is 1210 g/mol. The molecule has 0 aliphatic carbocycles. The summed E-state index contributed by atoms with van der Waals surface area (Å²) in [6.07, 6.45) is 87.8. The van der Waals surface area contributed by atoms with Crippen LogP contribution in [0.3, 0.4) is 0 Å². The van der Waals surface area contributed by atoms with E-state index in [9.17, 15) is 19.0 Å². The number of carbonyl (C=O) groups is 2. The van der Waals surface area contributed by atoms with Crippen molar-refractivity contribution in [3.05, 3.63) is 109 Å². The van der Waals surface area contributed by atoms with E-state index in [-0.39, 0.29) is 24.9 Å². The third-order valence-electron chi connectivity index (χ3n) is 15.2. The Morgan fingerprint density at radius 1 is 0.424 bits per heavy atom. The highest BCUT2D eigenvalue weighted by Crippen LogP contribution is 2.38. The number of hydrogen-bond acceptors (Lipinski definition) is 7. The van der Waals surface area contributed by atoms with E-state index in [0.717, 1.165) is 128 Å². The first-order valence-electron chi connectivity index (χ1n) is 35.2. The second-order valence-electron chi connectivity index (χ2n) is 24.6. The number of hydrogen-bond donors (Lipinski definition) is 1. The van der Waals surface area contributed by atoms with E-state index >= 15 is 0 Å². The summed E-state index contributed by atoms with van der Waals surface area (Å²) in [5.41, 5.74) is 0. The van der Waals surface area contributed by atoms with Crippen molar-refractivity contribution in [2.45, 2.75) is 315 Å². The molecule has 0 rings (SSSR count). The zero-order chi connectivity index (χ0) is 62.1. The number of unbranched alkanes of at least 4 members (excludes halogenated alkanes) is 31. The minimum atomic E-state index is -4.71. The van der Waals surface area contributed by atoms with Crippen LogP contribution >= 0.6 is 7.82 Å². The number of nitrogens with zero attached hydrogens (tertiary/aromatic N) is 1. The van der Waals surface area contributed by atoms with Crippen molar-refractivity contribution in [1.82, 2.24) is 5.32 Å². The van der Waals surface area contributed by atoms with E-state index in [2.05, 4.69) is 123 Å². The fourth-order valence-corrected chi connectivity index (χ4v) is 10.5. The maximum absolute atomic E-state index is 13.6. The molecule has 0 bridgehead atoms. The van der Waals surface area contributed by atoms with Crippen molar-refractivity contribution in [3.63, 3.8) is 0 Å². The zero-order valence-corrected chi connectivity index (χ0v) is 56.9. The summed E-state index contributed by atoms with van der Waals surface area (Å²) in [7, 11) is 1.17. The van der Waals surface area contributed by atoms with Gasteiger partial charge in [0, 0.05) is 12.8 Å². The van der Waals surface area contributed by atoms with Crippen molar-refractivity contribution in [1.29, 1.82) is 0 Å². The summed E-state index contributed by atoms with van der Waals surface area (Å²) >= 11 is 0. The molecule has 85 heavy (non-hydrogen) atoms. The summed E-state index contributed by atoms with van der Waals surface area (Å²) in [4.78, 5) is 40.2. The molecule has 9 nitrogen and oxygen atoms in total. The Balaban J connectivity index is 5.07. The van der Waals surface area contributed by atoms with Gasteiger partial charge in [0.2, 0.25) is 5.91 Å².